The van der Waals surface area contributed by atoms with Crippen LogP contribution in [0.2, 0.25) is 0 Å². The predicted molar refractivity (Wildman–Crippen MR) is 121 cm³/mol. The third-order valence-electron chi connectivity index (χ3n) is 3.96. The van der Waals surface area contributed by atoms with Gasteiger partial charge in [-0.25, -0.2) is 0 Å². The smallest absolute Gasteiger partial charge is 0.115 e. The Morgan fingerprint density at radius 1 is 0.581 bits per heavy atom. The summed E-state index contributed by atoms with van der Waals surface area (Å²) in [6.45, 7) is 1.38. The van der Waals surface area contributed by atoms with E-state index in [1.807, 2.05) is 48.5 Å². The van der Waals surface area contributed by atoms with Gasteiger partial charge in [0.25, 0.3) is 0 Å². The van der Waals surface area contributed by atoms with Gasteiger partial charge in [0.2, 0.25) is 0 Å². The fourth-order valence-corrected chi connectivity index (χ4v) is 2.38. The zero-order valence-electron chi connectivity index (χ0n) is 17.2. The van der Waals surface area contributed by atoms with Crippen molar-refractivity contribution in [3.8, 4) is 11.5 Å². The molecule has 0 bridgehead atoms. The van der Waals surface area contributed by atoms with Crippen LogP contribution in [0.5, 0.6) is 11.5 Å². The normalized spacial score (nSPS) is 9.58. The summed E-state index contributed by atoms with van der Waals surface area (Å²) in [5, 5.41) is 25.8. The summed E-state index contributed by atoms with van der Waals surface area (Å²) in [5.74, 6) is 0.339. The van der Waals surface area contributed by atoms with Gasteiger partial charge >= 0.3 is 0 Å². The number of hydrogen-bond acceptors (Lipinski definition) is 5. The number of phenolic OH excluding ortho intramolecular Hbond substituents is 2. The first-order valence-corrected chi connectivity index (χ1v) is 9.81. The second-order valence-electron chi connectivity index (χ2n) is 6.46. The summed E-state index contributed by atoms with van der Waals surface area (Å²) >= 11 is 0. The Hall–Kier alpha value is -3.67. The van der Waals surface area contributed by atoms with Crippen LogP contribution in [0.25, 0.3) is 0 Å². The maximum atomic E-state index is 8.65. The van der Waals surface area contributed by atoms with Gasteiger partial charge in [0.05, 0.1) is 25.5 Å². The topological polar surface area (TPSA) is 82.8 Å². The summed E-state index contributed by atoms with van der Waals surface area (Å²) < 4.78 is 5.61. The van der Waals surface area contributed by atoms with Gasteiger partial charge in [-0.1, -0.05) is 66.7 Å². The fourth-order valence-electron chi connectivity index (χ4n) is 2.38. The zero-order valence-corrected chi connectivity index (χ0v) is 17.2. The predicted octanol–water partition coefficient (Wildman–Crippen LogP) is 5.08. The van der Waals surface area contributed by atoms with Crippen LogP contribution in [0.1, 0.15) is 16.8 Å². The Labute approximate surface area is 182 Å². The highest BCUT2D eigenvalue weighted by Crippen LogP contribution is 2.13. The van der Waals surface area contributed by atoms with E-state index >= 15 is 0 Å². The number of aliphatic hydroxyl groups is 1. The van der Waals surface area contributed by atoms with E-state index in [2.05, 4.69) is 29.2 Å². The molecule has 0 radical (unpaired) electrons. The monoisotopic (exact) mass is 417 g/mol. The third kappa shape index (κ3) is 10.6. The molecule has 1 aromatic heterocycles. The summed E-state index contributed by atoms with van der Waals surface area (Å²) in [4.78, 5) is 3.85. The Morgan fingerprint density at radius 2 is 1.03 bits per heavy atom. The van der Waals surface area contributed by atoms with E-state index in [4.69, 9.17) is 20.1 Å². The number of pyridine rings is 1. The van der Waals surface area contributed by atoms with E-state index < -0.39 is 0 Å². The van der Waals surface area contributed by atoms with Crippen LogP contribution in [0.15, 0.2) is 109 Å². The number of rotatable bonds is 5. The molecule has 0 spiro atoms. The molecule has 0 aliphatic carbocycles. The highest BCUT2D eigenvalue weighted by atomic mass is 16.5. The highest BCUT2D eigenvalue weighted by Gasteiger charge is 1.93. The molecule has 0 atom stereocenters. The molecule has 3 aromatic carbocycles. The van der Waals surface area contributed by atoms with E-state index in [9.17, 15) is 0 Å². The van der Waals surface area contributed by atoms with Crippen LogP contribution in [0.3, 0.4) is 0 Å². The number of aliphatic hydroxyl groups excluding tert-OH is 1. The van der Waals surface area contributed by atoms with Gasteiger partial charge in [-0.2, -0.15) is 0 Å². The molecule has 31 heavy (non-hydrogen) atoms. The van der Waals surface area contributed by atoms with Crippen LogP contribution in [0.4, 0.5) is 0 Å². The number of phenols is 2. The van der Waals surface area contributed by atoms with Crippen LogP contribution < -0.4 is 0 Å². The molecular formula is C26H27NO4. The van der Waals surface area contributed by atoms with E-state index in [0.717, 1.165) is 0 Å². The van der Waals surface area contributed by atoms with Crippen LogP contribution in [-0.2, 0) is 24.6 Å². The van der Waals surface area contributed by atoms with Crippen LogP contribution in [0, 0.1) is 0 Å². The number of nitrogens with zero attached hydrogens (tertiary/aromatic N) is 1. The van der Waals surface area contributed by atoms with E-state index in [1.54, 1.807) is 12.3 Å². The second-order valence-corrected chi connectivity index (χ2v) is 6.46. The van der Waals surface area contributed by atoms with Crippen molar-refractivity contribution in [1.29, 1.82) is 0 Å². The highest BCUT2D eigenvalue weighted by molar-refractivity contribution is 5.28. The van der Waals surface area contributed by atoms with Crippen molar-refractivity contribution in [2.24, 2.45) is 0 Å². The zero-order chi connectivity index (χ0) is 22.2. The SMILES string of the molecule is OCc1ccccn1.Oc1ccc(O)cc1.c1ccc(COCc2ccccc2)cc1. The van der Waals surface area contributed by atoms with Gasteiger partial charge < -0.3 is 20.1 Å². The first kappa shape index (κ1) is 23.6. The molecule has 5 heteroatoms. The molecule has 0 unspecified atom stereocenters. The molecule has 1 heterocycles. The molecule has 0 amide bonds. The van der Waals surface area contributed by atoms with Gasteiger partial charge in [0, 0.05) is 6.20 Å². The first-order valence-electron chi connectivity index (χ1n) is 9.81. The quantitative estimate of drug-likeness (QED) is 0.395. The second kappa shape index (κ2) is 14.3. The molecule has 160 valence electrons. The standard InChI is InChI=1S/C14H14O.C6H7NO.C6H6O2/c1-3-7-13(8-4-1)11-15-12-14-9-5-2-6-10-14;8-5-6-3-1-2-4-7-6;7-5-1-2-6(8)4-3-5/h1-10H,11-12H2;1-4,8H,5H2;1-4,7-8H. The summed E-state index contributed by atoms with van der Waals surface area (Å²) in [6, 6.07) is 31.6. The van der Waals surface area contributed by atoms with Crippen LogP contribution in [-0.4, -0.2) is 20.3 Å². The molecule has 0 saturated carbocycles. The molecule has 0 aliphatic heterocycles. The number of aromatic hydroxyl groups is 2. The number of hydrogen-bond donors (Lipinski definition) is 3. The molecule has 5 nitrogen and oxygen atoms in total. The Balaban J connectivity index is 0.000000181. The van der Waals surface area contributed by atoms with Crippen molar-refractivity contribution in [2.75, 3.05) is 0 Å². The number of ether oxygens (including phenoxy) is 1. The Kier molecular flexibility index (Phi) is 10.9. The fraction of sp³-hybridized carbons (Fsp3) is 0.115. The lowest BCUT2D eigenvalue weighted by Crippen LogP contribution is -1.93. The van der Waals surface area contributed by atoms with Crippen molar-refractivity contribution < 1.29 is 20.1 Å². The first-order chi connectivity index (χ1) is 15.2. The lowest BCUT2D eigenvalue weighted by Gasteiger charge is -2.03. The molecular weight excluding hydrogens is 390 g/mol. The summed E-state index contributed by atoms with van der Waals surface area (Å²) in [6.07, 6.45) is 1.66. The molecule has 3 N–H and O–H groups in total. The third-order valence-corrected chi connectivity index (χ3v) is 3.96. The maximum Gasteiger partial charge on any atom is 0.115 e. The van der Waals surface area contributed by atoms with Gasteiger partial charge in [-0.3, -0.25) is 4.98 Å². The summed E-state index contributed by atoms with van der Waals surface area (Å²) in [5.41, 5.74) is 3.15. The largest absolute Gasteiger partial charge is 0.508 e. The number of benzene rings is 3. The summed E-state index contributed by atoms with van der Waals surface area (Å²) in [7, 11) is 0. The average molecular weight is 418 g/mol. The molecule has 0 aliphatic rings. The van der Waals surface area contributed by atoms with E-state index in [0.29, 0.717) is 18.9 Å². The van der Waals surface area contributed by atoms with E-state index in [1.165, 1.54) is 35.4 Å². The number of aromatic nitrogens is 1. The van der Waals surface area contributed by atoms with Crippen molar-refractivity contribution in [2.45, 2.75) is 19.8 Å². The minimum atomic E-state index is 0.0286. The molecule has 4 aromatic rings. The van der Waals surface area contributed by atoms with Crippen LogP contribution >= 0.6 is 0 Å². The van der Waals surface area contributed by atoms with Crippen molar-refractivity contribution in [1.82, 2.24) is 4.98 Å². The minimum absolute atomic E-state index is 0.0286. The van der Waals surface area contributed by atoms with Crippen molar-refractivity contribution in [3.05, 3.63) is 126 Å². The lowest BCUT2D eigenvalue weighted by molar-refractivity contribution is 0.107. The van der Waals surface area contributed by atoms with Crippen molar-refractivity contribution in [3.63, 3.8) is 0 Å². The lowest BCUT2D eigenvalue weighted by atomic mass is 10.2. The Bertz CT molecular complexity index is 886. The van der Waals surface area contributed by atoms with Gasteiger partial charge in [-0.15, -0.1) is 0 Å². The molecule has 4 rings (SSSR count). The molecule has 0 fully saturated rings. The van der Waals surface area contributed by atoms with E-state index in [-0.39, 0.29) is 18.1 Å². The Morgan fingerprint density at radius 3 is 1.39 bits per heavy atom. The van der Waals surface area contributed by atoms with Gasteiger partial charge in [0.1, 0.15) is 11.5 Å². The average Bonchev–Trinajstić information content (AvgIpc) is 2.84. The maximum absolute atomic E-state index is 8.65. The van der Waals surface area contributed by atoms with Gasteiger partial charge in [-0.05, 0) is 47.5 Å². The van der Waals surface area contributed by atoms with Gasteiger partial charge in [0.15, 0.2) is 0 Å². The van der Waals surface area contributed by atoms with Crippen molar-refractivity contribution >= 4 is 0 Å². The minimum Gasteiger partial charge on any atom is -0.508 e. The molecule has 0 saturated heterocycles.